The van der Waals surface area contributed by atoms with Crippen LogP contribution in [0.15, 0.2) is 11.2 Å². The number of halogens is 1. The summed E-state index contributed by atoms with van der Waals surface area (Å²) in [4.78, 5) is 11.2. The summed E-state index contributed by atoms with van der Waals surface area (Å²) in [5.41, 5.74) is 0. The van der Waals surface area contributed by atoms with Crippen molar-refractivity contribution in [2.24, 2.45) is 11.8 Å². The molecule has 1 N–H and O–H groups in total. The number of hydrogen-bond acceptors (Lipinski definition) is 3. The van der Waals surface area contributed by atoms with Gasteiger partial charge in [0.2, 0.25) is 20.9 Å². The lowest BCUT2D eigenvalue weighted by molar-refractivity contribution is -0.122. The Morgan fingerprint density at radius 2 is 2.31 bits per heavy atom. The van der Waals surface area contributed by atoms with Crippen molar-refractivity contribution in [1.29, 1.82) is 0 Å². The smallest absolute Gasteiger partial charge is 0.223 e. The molecule has 0 radical (unpaired) electrons. The molecule has 0 aromatic heterocycles. The molecule has 92 valence electrons. The Labute approximate surface area is 94.8 Å². The van der Waals surface area contributed by atoms with Gasteiger partial charge >= 0.3 is 0 Å². The maximum Gasteiger partial charge on any atom is 0.223 e. The Bertz CT molecular complexity index is 402. The number of amides is 1. The van der Waals surface area contributed by atoms with Gasteiger partial charge in [0.05, 0.1) is 0 Å². The molecule has 0 bridgehead atoms. The highest BCUT2D eigenvalue weighted by molar-refractivity contribution is 7.94. The number of carbonyl (C=O) groups excluding carboxylic acids is 1. The SMILES string of the molecule is C[C@H](/C=C(\F)S(C)(=O)=O)C[C@@H]1CCNC1=O. The van der Waals surface area contributed by atoms with Crippen LogP contribution in [0.25, 0.3) is 0 Å². The summed E-state index contributed by atoms with van der Waals surface area (Å²) in [6.45, 7) is 2.35. The second kappa shape index (κ2) is 4.95. The lowest BCUT2D eigenvalue weighted by Crippen LogP contribution is -2.20. The molecule has 1 saturated heterocycles. The molecular formula is C10H16FNO3S. The van der Waals surface area contributed by atoms with E-state index in [0.29, 0.717) is 13.0 Å². The Balaban J connectivity index is 2.59. The number of allylic oxidation sites excluding steroid dienone is 1. The highest BCUT2D eigenvalue weighted by atomic mass is 32.2. The molecule has 4 nitrogen and oxygen atoms in total. The minimum Gasteiger partial charge on any atom is -0.356 e. The van der Waals surface area contributed by atoms with Crippen LogP contribution in [0, 0.1) is 11.8 Å². The van der Waals surface area contributed by atoms with E-state index in [0.717, 1.165) is 18.8 Å². The fourth-order valence-corrected chi connectivity index (χ4v) is 2.21. The molecule has 1 amide bonds. The van der Waals surface area contributed by atoms with Crippen LogP contribution < -0.4 is 5.32 Å². The Morgan fingerprint density at radius 3 is 2.75 bits per heavy atom. The Kier molecular flexibility index (Phi) is 4.07. The van der Waals surface area contributed by atoms with Crippen LogP contribution in [0.4, 0.5) is 4.39 Å². The average molecular weight is 249 g/mol. The molecule has 2 atom stereocenters. The van der Waals surface area contributed by atoms with E-state index in [4.69, 9.17) is 0 Å². The maximum atomic E-state index is 13.1. The van der Waals surface area contributed by atoms with Gasteiger partial charge in [-0.2, -0.15) is 4.39 Å². The Morgan fingerprint density at radius 1 is 1.69 bits per heavy atom. The van der Waals surface area contributed by atoms with Gasteiger partial charge in [-0.25, -0.2) is 8.42 Å². The second-order valence-corrected chi connectivity index (χ2v) is 6.17. The summed E-state index contributed by atoms with van der Waals surface area (Å²) in [6, 6.07) is 0. The van der Waals surface area contributed by atoms with Crippen molar-refractivity contribution in [2.45, 2.75) is 19.8 Å². The molecule has 0 aromatic rings. The summed E-state index contributed by atoms with van der Waals surface area (Å²) in [7, 11) is -3.75. The van der Waals surface area contributed by atoms with Gasteiger partial charge in [-0.15, -0.1) is 0 Å². The summed E-state index contributed by atoms with van der Waals surface area (Å²) < 4.78 is 34.8. The summed E-state index contributed by atoms with van der Waals surface area (Å²) in [5, 5.41) is 1.57. The first-order valence-electron chi connectivity index (χ1n) is 5.16. The van der Waals surface area contributed by atoms with Crippen molar-refractivity contribution in [3.63, 3.8) is 0 Å². The molecule has 16 heavy (non-hydrogen) atoms. The van der Waals surface area contributed by atoms with Gasteiger partial charge in [-0.3, -0.25) is 4.79 Å². The highest BCUT2D eigenvalue weighted by Gasteiger charge is 2.25. The largest absolute Gasteiger partial charge is 0.356 e. The van der Waals surface area contributed by atoms with Crippen molar-refractivity contribution in [1.82, 2.24) is 5.32 Å². The molecule has 6 heteroatoms. The molecule has 0 spiro atoms. The third-order valence-corrected chi connectivity index (χ3v) is 3.43. The van der Waals surface area contributed by atoms with E-state index >= 15 is 0 Å². The fourth-order valence-electron chi connectivity index (χ4n) is 1.73. The number of rotatable bonds is 4. The lowest BCUT2D eigenvalue weighted by Gasteiger charge is -2.10. The number of hydrogen-bond donors (Lipinski definition) is 1. The van der Waals surface area contributed by atoms with E-state index in [1.807, 2.05) is 0 Å². The van der Waals surface area contributed by atoms with Crippen molar-refractivity contribution in [3.05, 3.63) is 11.2 Å². The maximum absolute atomic E-state index is 13.1. The normalized spacial score (nSPS) is 24.3. The summed E-state index contributed by atoms with van der Waals surface area (Å²) in [6.07, 6.45) is 3.11. The highest BCUT2D eigenvalue weighted by Crippen LogP contribution is 2.22. The van der Waals surface area contributed by atoms with Crippen molar-refractivity contribution >= 4 is 15.7 Å². The molecule has 0 aromatic carbocycles. The quantitative estimate of drug-likeness (QED) is 0.808. The van der Waals surface area contributed by atoms with E-state index in [-0.39, 0.29) is 17.7 Å². The molecule has 1 fully saturated rings. The second-order valence-electron chi connectivity index (χ2n) is 4.23. The third kappa shape index (κ3) is 3.59. The Hall–Kier alpha value is -0.910. The van der Waals surface area contributed by atoms with E-state index in [9.17, 15) is 17.6 Å². The third-order valence-electron chi connectivity index (χ3n) is 2.59. The zero-order valence-corrected chi connectivity index (χ0v) is 10.2. The van der Waals surface area contributed by atoms with Crippen LogP contribution in [-0.4, -0.2) is 27.1 Å². The fraction of sp³-hybridized carbons (Fsp3) is 0.700. The first-order chi connectivity index (χ1) is 7.30. The minimum absolute atomic E-state index is 0.0278. The number of carbonyl (C=O) groups is 1. The molecule has 1 aliphatic rings. The van der Waals surface area contributed by atoms with E-state index in [2.05, 4.69) is 5.32 Å². The standard InChI is InChI=1S/C10H16FNO3S/c1-7(6-9(11)16(2,14)15)5-8-3-4-12-10(8)13/h6-8H,3-5H2,1-2H3,(H,12,13)/b9-6+/t7-,8-/m0/s1. The van der Waals surface area contributed by atoms with Gasteiger partial charge in [0.15, 0.2) is 0 Å². The topological polar surface area (TPSA) is 63.2 Å². The van der Waals surface area contributed by atoms with Crippen molar-refractivity contribution < 1.29 is 17.6 Å². The van der Waals surface area contributed by atoms with Crippen molar-refractivity contribution in [3.8, 4) is 0 Å². The van der Waals surface area contributed by atoms with Gasteiger partial charge in [0, 0.05) is 18.7 Å². The summed E-state index contributed by atoms with van der Waals surface area (Å²) >= 11 is 0. The molecule has 1 aliphatic heterocycles. The molecule has 0 saturated carbocycles. The van der Waals surface area contributed by atoms with Crippen LogP contribution in [-0.2, 0) is 14.6 Å². The van der Waals surface area contributed by atoms with E-state index < -0.39 is 15.0 Å². The van der Waals surface area contributed by atoms with Gasteiger partial charge in [0.1, 0.15) is 0 Å². The molecule has 1 rings (SSSR count). The first-order valence-corrected chi connectivity index (χ1v) is 7.05. The van der Waals surface area contributed by atoms with Crippen LogP contribution in [0.3, 0.4) is 0 Å². The van der Waals surface area contributed by atoms with Crippen LogP contribution in [0.5, 0.6) is 0 Å². The van der Waals surface area contributed by atoms with E-state index in [1.54, 1.807) is 6.92 Å². The van der Waals surface area contributed by atoms with Crippen LogP contribution in [0.2, 0.25) is 0 Å². The van der Waals surface area contributed by atoms with Gasteiger partial charge in [-0.1, -0.05) is 6.92 Å². The van der Waals surface area contributed by atoms with E-state index in [1.165, 1.54) is 0 Å². The number of sulfone groups is 1. The molecular weight excluding hydrogens is 233 g/mol. The summed E-state index contributed by atoms with van der Waals surface area (Å²) in [5.74, 6) is -0.415. The van der Waals surface area contributed by atoms with Crippen LogP contribution >= 0.6 is 0 Å². The zero-order valence-electron chi connectivity index (χ0n) is 9.36. The van der Waals surface area contributed by atoms with Gasteiger partial charge in [0.25, 0.3) is 0 Å². The predicted molar refractivity (Wildman–Crippen MR) is 58.9 cm³/mol. The van der Waals surface area contributed by atoms with Gasteiger partial charge < -0.3 is 5.32 Å². The minimum atomic E-state index is -3.75. The van der Waals surface area contributed by atoms with Crippen molar-refractivity contribution in [2.75, 3.05) is 12.8 Å². The predicted octanol–water partition coefficient (Wildman–Crippen LogP) is 1.00. The molecule has 0 aliphatic carbocycles. The lowest BCUT2D eigenvalue weighted by atomic mass is 9.95. The molecule has 0 unspecified atom stereocenters. The van der Waals surface area contributed by atoms with Crippen LogP contribution in [0.1, 0.15) is 19.8 Å². The average Bonchev–Trinajstić information content (AvgIpc) is 2.50. The monoisotopic (exact) mass is 249 g/mol. The first kappa shape index (κ1) is 13.2. The number of nitrogens with one attached hydrogen (secondary N) is 1. The molecule has 1 heterocycles. The zero-order chi connectivity index (χ0) is 12.3. The van der Waals surface area contributed by atoms with Gasteiger partial charge in [-0.05, 0) is 24.8 Å².